The van der Waals surface area contributed by atoms with E-state index in [1.54, 1.807) is 21.3 Å². The van der Waals surface area contributed by atoms with Crippen LogP contribution in [-0.4, -0.2) is 89.0 Å². The van der Waals surface area contributed by atoms with Crippen molar-refractivity contribution >= 4 is 30.7 Å². The number of piperazine rings is 1. The highest BCUT2D eigenvalue weighted by molar-refractivity contribution is 5.85. The molecule has 2 saturated heterocycles. The summed E-state index contributed by atoms with van der Waals surface area (Å²) in [5, 5.41) is 3.23. The van der Waals surface area contributed by atoms with Crippen LogP contribution in [0.5, 0.6) is 17.2 Å². The van der Waals surface area contributed by atoms with Crippen molar-refractivity contribution in [3.05, 3.63) is 17.7 Å². The van der Waals surface area contributed by atoms with E-state index >= 15 is 0 Å². The van der Waals surface area contributed by atoms with Crippen LogP contribution in [0.1, 0.15) is 5.56 Å². The lowest BCUT2D eigenvalue weighted by molar-refractivity contribution is -0.138. The summed E-state index contributed by atoms with van der Waals surface area (Å²) in [6.45, 7) is 5.74. The Morgan fingerprint density at radius 2 is 1.69 bits per heavy atom. The molecule has 1 aromatic carbocycles. The molecule has 1 atom stereocenters. The summed E-state index contributed by atoms with van der Waals surface area (Å²) < 4.78 is 21.6. The first-order valence-corrected chi connectivity index (χ1v) is 9.27. The average molecular weight is 452 g/mol. The Hall–Kier alpha value is -1.45. The highest BCUT2D eigenvalue weighted by Gasteiger charge is 2.29. The third-order valence-electron chi connectivity index (χ3n) is 5.03. The number of benzene rings is 1. The maximum atomic E-state index is 12.6. The van der Waals surface area contributed by atoms with Crippen LogP contribution in [0.2, 0.25) is 0 Å². The summed E-state index contributed by atoms with van der Waals surface area (Å²) in [5.41, 5.74) is 1.09. The van der Waals surface area contributed by atoms with Gasteiger partial charge < -0.3 is 29.2 Å². The highest BCUT2D eigenvalue weighted by atomic mass is 35.5. The Morgan fingerprint density at radius 1 is 1.07 bits per heavy atom. The van der Waals surface area contributed by atoms with Gasteiger partial charge in [-0.3, -0.25) is 9.69 Å². The number of morpholine rings is 1. The molecule has 0 aromatic heterocycles. The van der Waals surface area contributed by atoms with Gasteiger partial charge in [-0.1, -0.05) is 0 Å². The number of hydrogen-bond donors (Lipinski definition) is 1. The standard InChI is InChI=1S/C19H29N3O5.2ClH/c1-24-16-10-14(11-17(25-2)18(16)26-3)12-21-5-7-22(8-6-21)19(23)15-13-27-9-4-20-15;;/h10-11,15,20H,4-9,12-13H2,1-3H3;2*1H. The predicted molar refractivity (Wildman–Crippen MR) is 115 cm³/mol. The van der Waals surface area contributed by atoms with Crippen molar-refractivity contribution in [3.63, 3.8) is 0 Å². The van der Waals surface area contributed by atoms with Crippen molar-refractivity contribution in [1.29, 1.82) is 0 Å². The van der Waals surface area contributed by atoms with Crippen molar-refractivity contribution in [2.75, 3.05) is 67.3 Å². The summed E-state index contributed by atoms with van der Waals surface area (Å²) in [7, 11) is 4.84. The number of halogens is 2. The van der Waals surface area contributed by atoms with Gasteiger partial charge in [-0.05, 0) is 17.7 Å². The molecule has 1 amide bonds. The van der Waals surface area contributed by atoms with E-state index in [9.17, 15) is 4.79 Å². The summed E-state index contributed by atoms with van der Waals surface area (Å²) in [6, 6.07) is 3.74. The molecule has 2 aliphatic heterocycles. The maximum absolute atomic E-state index is 12.6. The molecule has 3 rings (SSSR count). The average Bonchev–Trinajstić information content (AvgIpc) is 2.73. The monoisotopic (exact) mass is 451 g/mol. The summed E-state index contributed by atoms with van der Waals surface area (Å²) >= 11 is 0. The molecule has 29 heavy (non-hydrogen) atoms. The van der Waals surface area contributed by atoms with Crippen molar-refractivity contribution in [1.82, 2.24) is 15.1 Å². The van der Waals surface area contributed by atoms with E-state index in [0.717, 1.165) is 44.8 Å². The number of nitrogens with zero attached hydrogens (tertiary/aromatic N) is 2. The SMILES string of the molecule is COc1cc(CN2CCN(C(=O)C3COCCN3)CC2)cc(OC)c1OC.Cl.Cl. The lowest BCUT2D eigenvalue weighted by atomic mass is 10.1. The largest absolute Gasteiger partial charge is 0.493 e. The Bertz CT molecular complexity index is 626. The van der Waals surface area contributed by atoms with E-state index < -0.39 is 0 Å². The molecular weight excluding hydrogens is 421 g/mol. The van der Waals surface area contributed by atoms with E-state index in [4.69, 9.17) is 18.9 Å². The molecular formula is C19H31Cl2N3O5. The van der Waals surface area contributed by atoms with Gasteiger partial charge in [0.1, 0.15) is 6.04 Å². The Balaban J connectivity index is 0.00000210. The molecule has 8 nitrogen and oxygen atoms in total. The smallest absolute Gasteiger partial charge is 0.242 e. The van der Waals surface area contributed by atoms with Crippen LogP contribution < -0.4 is 19.5 Å². The molecule has 2 fully saturated rings. The molecule has 0 bridgehead atoms. The fourth-order valence-electron chi connectivity index (χ4n) is 3.56. The van der Waals surface area contributed by atoms with E-state index in [-0.39, 0.29) is 36.8 Å². The van der Waals surface area contributed by atoms with Gasteiger partial charge in [0.15, 0.2) is 11.5 Å². The Kier molecular flexibility index (Phi) is 10.8. The molecule has 0 saturated carbocycles. The van der Waals surface area contributed by atoms with Crippen molar-refractivity contribution in [3.8, 4) is 17.2 Å². The zero-order valence-corrected chi connectivity index (χ0v) is 18.8. The normalized spacial score (nSPS) is 19.6. The van der Waals surface area contributed by atoms with Crippen LogP contribution >= 0.6 is 24.8 Å². The molecule has 166 valence electrons. The number of carbonyl (C=O) groups is 1. The van der Waals surface area contributed by atoms with Crippen molar-refractivity contribution in [2.45, 2.75) is 12.6 Å². The van der Waals surface area contributed by atoms with E-state index in [1.165, 1.54) is 0 Å². The minimum atomic E-state index is -0.208. The lowest BCUT2D eigenvalue weighted by Crippen LogP contribution is -2.57. The number of ether oxygens (including phenoxy) is 4. The number of nitrogens with one attached hydrogen (secondary N) is 1. The number of carbonyl (C=O) groups excluding carboxylic acids is 1. The van der Waals surface area contributed by atoms with E-state index in [1.807, 2.05) is 17.0 Å². The molecule has 10 heteroatoms. The van der Waals surface area contributed by atoms with Gasteiger partial charge in [0.25, 0.3) is 0 Å². The topological polar surface area (TPSA) is 72.5 Å². The van der Waals surface area contributed by atoms with Gasteiger partial charge in [-0.15, -0.1) is 24.8 Å². The van der Waals surface area contributed by atoms with Crippen LogP contribution in [0.3, 0.4) is 0 Å². The Morgan fingerprint density at radius 3 is 2.17 bits per heavy atom. The molecule has 0 aliphatic carbocycles. The van der Waals surface area contributed by atoms with Crippen molar-refractivity contribution < 1.29 is 23.7 Å². The number of amides is 1. The zero-order chi connectivity index (χ0) is 19.2. The molecule has 1 aromatic rings. The van der Waals surface area contributed by atoms with Gasteiger partial charge in [-0.2, -0.15) is 0 Å². The molecule has 2 aliphatic rings. The number of hydrogen-bond acceptors (Lipinski definition) is 7. The molecule has 1 N–H and O–H groups in total. The second-order valence-corrected chi connectivity index (χ2v) is 6.72. The second kappa shape index (κ2) is 12.3. The van der Waals surface area contributed by atoms with Crippen LogP contribution in [0.4, 0.5) is 0 Å². The fourth-order valence-corrected chi connectivity index (χ4v) is 3.56. The lowest BCUT2D eigenvalue weighted by Gasteiger charge is -2.37. The molecule has 0 spiro atoms. The first kappa shape index (κ1) is 25.6. The first-order valence-electron chi connectivity index (χ1n) is 9.27. The van der Waals surface area contributed by atoms with Crippen LogP contribution in [0.25, 0.3) is 0 Å². The second-order valence-electron chi connectivity index (χ2n) is 6.72. The van der Waals surface area contributed by atoms with Gasteiger partial charge in [0, 0.05) is 39.3 Å². The zero-order valence-electron chi connectivity index (χ0n) is 17.1. The van der Waals surface area contributed by atoms with Gasteiger partial charge in [0.2, 0.25) is 11.7 Å². The fraction of sp³-hybridized carbons (Fsp3) is 0.632. The molecule has 1 unspecified atom stereocenters. The van der Waals surface area contributed by atoms with Gasteiger partial charge in [-0.25, -0.2) is 0 Å². The highest BCUT2D eigenvalue weighted by Crippen LogP contribution is 2.38. The minimum absolute atomic E-state index is 0. The van der Waals surface area contributed by atoms with Gasteiger partial charge >= 0.3 is 0 Å². The quantitative estimate of drug-likeness (QED) is 0.695. The third kappa shape index (κ3) is 6.26. The maximum Gasteiger partial charge on any atom is 0.242 e. The van der Waals surface area contributed by atoms with Crippen LogP contribution in [0, 0.1) is 0 Å². The summed E-state index contributed by atoms with van der Waals surface area (Å²) in [5.74, 6) is 2.05. The third-order valence-corrected chi connectivity index (χ3v) is 5.03. The summed E-state index contributed by atoms with van der Waals surface area (Å²) in [6.07, 6.45) is 0. The number of rotatable bonds is 6. The number of methoxy groups -OCH3 is 3. The molecule has 0 radical (unpaired) electrons. The Labute approximate surface area is 184 Å². The van der Waals surface area contributed by atoms with Crippen LogP contribution in [-0.2, 0) is 16.1 Å². The van der Waals surface area contributed by atoms with E-state index in [2.05, 4.69) is 10.2 Å². The van der Waals surface area contributed by atoms with Crippen molar-refractivity contribution in [2.24, 2.45) is 0 Å². The predicted octanol–water partition coefficient (Wildman–Crippen LogP) is 1.19. The van der Waals surface area contributed by atoms with Gasteiger partial charge in [0.05, 0.1) is 34.5 Å². The van der Waals surface area contributed by atoms with Crippen LogP contribution in [0.15, 0.2) is 12.1 Å². The minimum Gasteiger partial charge on any atom is -0.493 e. The van der Waals surface area contributed by atoms with E-state index in [0.29, 0.717) is 30.5 Å². The summed E-state index contributed by atoms with van der Waals surface area (Å²) in [4.78, 5) is 16.8. The molecule has 2 heterocycles. The first-order chi connectivity index (χ1) is 13.2.